The third-order valence-electron chi connectivity index (χ3n) is 4.15. The summed E-state index contributed by atoms with van der Waals surface area (Å²) in [4.78, 5) is 12.2. The number of methoxy groups -OCH3 is 2. The molecule has 10 heteroatoms. The molecular formula is C20H18F3N3O4. The van der Waals surface area contributed by atoms with Gasteiger partial charge in [0.25, 0.3) is 0 Å². The number of carbonyl (C=O) groups excluding carboxylic acids is 1. The molecule has 30 heavy (non-hydrogen) atoms. The molecule has 0 aliphatic heterocycles. The van der Waals surface area contributed by atoms with Crippen LogP contribution in [0.5, 0.6) is 11.5 Å². The minimum atomic E-state index is -4.47. The van der Waals surface area contributed by atoms with Gasteiger partial charge in [-0.25, -0.2) is 0 Å². The SMILES string of the molecule is COc1ccc(NC(=O)CCc2nnc(-c3cccc(C(F)(F)F)c3)o2)c(OC)c1. The lowest BCUT2D eigenvalue weighted by molar-refractivity contribution is -0.137. The normalized spacial score (nSPS) is 11.2. The van der Waals surface area contributed by atoms with Crippen molar-refractivity contribution in [3.05, 3.63) is 53.9 Å². The number of anilines is 1. The zero-order valence-corrected chi connectivity index (χ0v) is 16.1. The lowest BCUT2D eigenvalue weighted by Gasteiger charge is -2.11. The first-order valence-electron chi connectivity index (χ1n) is 8.82. The number of amides is 1. The van der Waals surface area contributed by atoms with E-state index >= 15 is 0 Å². The standard InChI is InChI=1S/C20H18F3N3O4/c1-28-14-6-7-15(16(11-14)29-2)24-17(27)8-9-18-25-26-19(30-18)12-4-3-5-13(10-12)20(21,22)23/h3-7,10-11H,8-9H2,1-2H3,(H,24,27). The summed E-state index contributed by atoms with van der Waals surface area (Å²) in [5.74, 6) is 0.787. The summed E-state index contributed by atoms with van der Waals surface area (Å²) in [5.41, 5.74) is -0.193. The Morgan fingerprint density at radius 2 is 1.90 bits per heavy atom. The lowest BCUT2D eigenvalue weighted by atomic mass is 10.1. The van der Waals surface area contributed by atoms with Crippen LogP contribution in [0.4, 0.5) is 18.9 Å². The number of aryl methyl sites for hydroxylation is 1. The molecule has 1 N–H and O–H groups in total. The highest BCUT2D eigenvalue weighted by Crippen LogP contribution is 2.32. The molecule has 0 spiro atoms. The molecule has 0 aliphatic rings. The Bertz CT molecular complexity index is 1030. The molecule has 0 fully saturated rings. The van der Waals surface area contributed by atoms with Gasteiger partial charge < -0.3 is 19.2 Å². The van der Waals surface area contributed by atoms with Gasteiger partial charge in [0.05, 0.1) is 25.5 Å². The van der Waals surface area contributed by atoms with Gasteiger partial charge in [-0.1, -0.05) is 6.07 Å². The molecule has 1 heterocycles. The first-order valence-corrected chi connectivity index (χ1v) is 8.82. The number of benzene rings is 2. The Labute approximate surface area is 169 Å². The summed E-state index contributed by atoms with van der Waals surface area (Å²) >= 11 is 0. The van der Waals surface area contributed by atoms with E-state index in [9.17, 15) is 18.0 Å². The largest absolute Gasteiger partial charge is 0.497 e. The number of hydrogen-bond donors (Lipinski definition) is 1. The van der Waals surface area contributed by atoms with Crippen molar-refractivity contribution in [3.63, 3.8) is 0 Å². The highest BCUT2D eigenvalue weighted by atomic mass is 19.4. The summed E-state index contributed by atoms with van der Waals surface area (Å²) in [6.07, 6.45) is -4.32. The summed E-state index contributed by atoms with van der Waals surface area (Å²) in [6.45, 7) is 0. The van der Waals surface area contributed by atoms with Crippen LogP contribution in [0, 0.1) is 0 Å². The second-order valence-corrected chi connectivity index (χ2v) is 6.19. The van der Waals surface area contributed by atoms with Gasteiger partial charge in [-0.2, -0.15) is 13.2 Å². The van der Waals surface area contributed by atoms with E-state index in [1.807, 2.05) is 0 Å². The van der Waals surface area contributed by atoms with E-state index < -0.39 is 11.7 Å². The minimum absolute atomic E-state index is 0.0272. The molecule has 0 saturated heterocycles. The molecule has 1 amide bonds. The quantitative estimate of drug-likeness (QED) is 0.611. The molecule has 0 bridgehead atoms. The van der Waals surface area contributed by atoms with Crippen LogP contribution in [0.25, 0.3) is 11.5 Å². The molecule has 0 atom stereocenters. The Morgan fingerprint density at radius 1 is 1.10 bits per heavy atom. The fourth-order valence-electron chi connectivity index (χ4n) is 2.63. The van der Waals surface area contributed by atoms with Gasteiger partial charge in [-0.05, 0) is 30.3 Å². The molecule has 2 aromatic carbocycles. The van der Waals surface area contributed by atoms with Crippen LogP contribution in [0.15, 0.2) is 46.9 Å². The average molecular weight is 421 g/mol. The van der Waals surface area contributed by atoms with Crippen LogP contribution in [-0.2, 0) is 17.4 Å². The maximum atomic E-state index is 12.8. The van der Waals surface area contributed by atoms with Crippen LogP contribution in [0.1, 0.15) is 17.9 Å². The van der Waals surface area contributed by atoms with Gasteiger partial charge >= 0.3 is 6.18 Å². The van der Waals surface area contributed by atoms with E-state index in [4.69, 9.17) is 13.9 Å². The van der Waals surface area contributed by atoms with E-state index in [1.165, 1.54) is 26.4 Å². The molecule has 0 aliphatic carbocycles. The second-order valence-electron chi connectivity index (χ2n) is 6.19. The van der Waals surface area contributed by atoms with Gasteiger partial charge in [0.2, 0.25) is 17.7 Å². The van der Waals surface area contributed by atoms with E-state index in [0.29, 0.717) is 17.2 Å². The molecule has 1 aromatic heterocycles. The third-order valence-corrected chi connectivity index (χ3v) is 4.15. The number of hydrogen-bond acceptors (Lipinski definition) is 6. The molecule has 0 unspecified atom stereocenters. The Hall–Kier alpha value is -3.56. The summed E-state index contributed by atoms with van der Waals surface area (Å²) in [5, 5.41) is 10.3. The first kappa shape index (κ1) is 21.2. The minimum Gasteiger partial charge on any atom is -0.497 e. The second kappa shape index (κ2) is 8.85. The predicted molar refractivity (Wildman–Crippen MR) is 101 cm³/mol. The lowest BCUT2D eigenvalue weighted by Crippen LogP contribution is -2.13. The molecule has 3 aromatic rings. The Balaban J connectivity index is 1.63. The molecular weight excluding hydrogens is 403 g/mol. The van der Waals surface area contributed by atoms with Crippen molar-refractivity contribution in [2.24, 2.45) is 0 Å². The summed E-state index contributed by atoms with van der Waals surface area (Å²) in [7, 11) is 2.99. The van der Waals surface area contributed by atoms with E-state index in [0.717, 1.165) is 12.1 Å². The van der Waals surface area contributed by atoms with E-state index in [2.05, 4.69) is 15.5 Å². The van der Waals surface area contributed by atoms with Crippen LogP contribution in [0.3, 0.4) is 0 Å². The molecule has 3 rings (SSSR count). The van der Waals surface area contributed by atoms with Crippen molar-refractivity contribution < 1.29 is 31.9 Å². The van der Waals surface area contributed by atoms with Crippen LogP contribution >= 0.6 is 0 Å². The van der Waals surface area contributed by atoms with Crippen molar-refractivity contribution in [1.82, 2.24) is 10.2 Å². The Kier molecular flexibility index (Phi) is 6.24. The maximum Gasteiger partial charge on any atom is 0.416 e. The number of nitrogens with one attached hydrogen (secondary N) is 1. The van der Waals surface area contributed by atoms with Crippen molar-refractivity contribution in [3.8, 4) is 23.0 Å². The van der Waals surface area contributed by atoms with Crippen molar-refractivity contribution in [2.45, 2.75) is 19.0 Å². The molecule has 7 nitrogen and oxygen atoms in total. The Morgan fingerprint density at radius 3 is 2.60 bits per heavy atom. The number of aromatic nitrogens is 2. The average Bonchev–Trinajstić information content (AvgIpc) is 3.21. The summed E-state index contributed by atoms with van der Waals surface area (Å²) in [6, 6.07) is 9.55. The topological polar surface area (TPSA) is 86.5 Å². The smallest absolute Gasteiger partial charge is 0.416 e. The predicted octanol–water partition coefficient (Wildman–Crippen LogP) is 4.34. The van der Waals surface area contributed by atoms with Gasteiger partial charge in [-0.3, -0.25) is 4.79 Å². The number of carbonyl (C=O) groups is 1. The zero-order chi connectivity index (χ0) is 21.7. The van der Waals surface area contributed by atoms with E-state index in [1.54, 1.807) is 18.2 Å². The number of alkyl halides is 3. The van der Waals surface area contributed by atoms with Gasteiger partial charge in [0.1, 0.15) is 11.5 Å². The van der Waals surface area contributed by atoms with Crippen molar-refractivity contribution in [2.75, 3.05) is 19.5 Å². The maximum absolute atomic E-state index is 12.8. The fourth-order valence-corrected chi connectivity index (χ4v) is 2.63. The first-order chi connectivity index (χ1) is 14.3. The van der Waals surface area contributed by atoms with Crippen molar-refractivity contribution >= 4 is 11.6 Å². The molecule has 0 radical (unpaired) electrons. The zero-order valence-electron chi connectivity index (χ0n) is 16.1. The van der Waals surface area contributed by atoms with Gasteiger partial charge in [-0.15, -0.1) is 10.2 Å². The number of ether oxygens (including phenoxy) is 2. The number of halogens is 3. The van der Waals surface area contributed by atoms with Crippen LogP contribution < -0.4 is 14.8 Å². The number of nitrogens with zero attached hydrogens (tertiary/aromatic N) is 2. The van der Waals surface area contributed by atoms with Gasteiger partial charge in [0, 0.05) is 24.5 Å². The van der Waals surface area contributed by atoms with Crippen LogP contribution in [0.2, 0.25) is 0 Å². The molecule has 0 saturated carbocycles. The highest BCUT2D eigenvalue weighted by molar-refractivity contribution is 5.92. The van der Waals surface area contributed by atoms with E-state index in [-0.39, 0.29) is 36.1 Å². The number of rotatable bonds is 7. The molecule has 158 valence electrons. The third kappa shape index (κ3) is 5.07. The van der Waals surface area contributed by atoms with Gasteiger partial charge in [0.15, 0.2) is 0 Å². The monoisotopic (exact) mass is 421 g/mol. The fraction of sp³-hybridized carbons (Fsp3) is 0.250. The summed E-state index contributed by atoms with van der Waals surface area (Å²) < 4.78 is 54.3. The van der Waals surface area contributed by atoms with Crippen molar-refractivity contribution in [1.29, 1.82) is 0 Å². The highest BCUT2D eigenvalue weighted by Gasteiger charge is 2.30. The van der Waals surface area contributed by atoms with Crippen LogP contribution in [-0.4, -0.2) is 30.3 Å².